The second kappa shape index (κ2) is 7.35. The first-order valence-corrected chi connectivity index (χ1v) is 8.90. The van der Waals surface area contributed by atoms with Gasteiger partial charge in [-0.25, -0.2) is 8.42 Å². The van der Waals surface area contributed by atoms with Gasteiger partial charge < -0.3 is 11.1 Å². The number of hydrogen-bond acceptors (Lipinski definition) is 4. The number of anilines is 2. The van der Waals surface area contributed by atoms with E-state index < -0.39 is 22.5 Å². The molecular formula is C17H19N3O4S. The second-order valence-electron chi connectivity index (χ2n) is 5.47. The number of aryl methyl sites for hydroxylation is 1. The lowest BCUT2D eigenvalue weighted by Gasteiger charge is -2.24. The van der Waals surface area contributed by atoms with Crippen LogP contribution in [0.15, 0.2) is 53.4 Å². The van der Waals surface area contributed by atoms with E-state index >= 15 is 0 Å². The molecule has 7 nitrogen and oxygen atoms in total. The van der Waals surface area contributed by atoms with Gasteiger partial charge in [-0.05, 0) is 42.8 Å². The van der Waals surface area contributed by atoms with Crippen LogP contribution in [0.1, 0.15) is 12.5 Å². The fraction of sp³-hybridized carbons (Fsp3) is 0.176. The van der Waals surface area contributed by atoms with E-state index in [-0.39, 0.29) is 10.8 Å². The molecule has 0 bridgehead atoms. The summed E-state index contributed by atoms with van der Waals surface area (Å²) in [6.45, 7) is 2.64. The van der Waals surface area contributed by atoms with Crippen LogP contribution in [0.4, 0.5) is 11.4 Å². The quantitative estimate of drug-likeness (QED) is 0.815. The summed E-state index contributed by atoms with van der Waals surface area (Å²) >= 11 is 0. The van der Waals surface area contributed by atoms with Gasteiger partial charge >= 0.3 is 0 Å². The average molecular weight is 361 g/mol. The molecule has 0 unspecified atom stereocenters. The predicted molar refractivity (Wildman–Crippen MR) is 95.7 cm³/mol. The van der Waals surface area contributed by atoms with E-state index in [9.17, 15) is 18.0 Å². The number of nitrogens with two attached hydrogens (primary N) is 1. The van der Waals surface area contributed by atoms with Crippen LogP contribution < -0.4 is 15.4 Å². The van der Waals surface area contributed by atoms with Crippen molar-refractivity contribution in [2.75, 3.05) is 16.2 Å². The fourth-order valence-electron chi connectivity index (χ4n) is 2.33. The molecule has 132 valence electrons. The van der Waals surface area contributed by atoms with Crippen LogP contribution in [0.2, 0.25) is 0 Å². The van der Waals surface area contributed by atoms with Crippen molar-refractivity contribution in [1.82, 2.24) is 0 Å². The first kappa shape index (κ1) is 18.5. The van der Waals surface area contributed by atoms with Gasteiger partial charge in [0.1, 0.15) is 6.54 Å². The number of primary amides is 1. The Morgan fingerprint density at radius 3 is 2.20 bits per heavy atom. The Hall–Kier alpha value is -2.87. The number of carbonyl (C=O) groups excluding carboxylic acids is 2. The average Bonchev–Trinajstić information content (AvgIpc) is 2.53. The van der Waals surface area contributed by atoms with Crippen molar-refractivity contribution in [3.8, 4) is 0 Å². The first-order valence-electron chi connectivity index (χ1n) is 7.46. The molecule has 3 N–H and O–H groups in total. The number of carbonyl (C=O) groups is 2. The maximum atomic E-state index is 13.0. The van der Waals surface area contributed by atoms with E-state index in [0.29, 0.717) is 16.9 Å². The van der Waals surface area contributed by atoms with Crippen molar-refractivity contribution in [3.63, 3.8) is 0 Å². The monoisotopic (exact) mass is 361 g/mol. The summed E-state index contributed by atoms with van der Waals surface area (Å²) in [5.74, 6) is -1.02. The zero-order chi connectivity index (χ0) is 18.6. The van der Waals surface area contributed by atoms with Gasteiger partial charge in [0.15, 0.2) is 0 Å². The molecule has 0 radical (unpaired) electrons. The van der Waals surface area contributed by atoms with E-state index in [1.165, 1.54) is 31.2 Å². The van der Waals surface area contributed by atoms with E-state index in [4.69, 9.17) is 5.73 Å². The summed E-state index contributed by atoms with van der Waals surface area (Å²) in [5, 5.41) is 2.56. The predicted octanol–water partition coefficient (Wildman–Crippen LogP) is 1.63. The molecule has 2 rings (SSSR count). The number of nitrogens with one attached hydrogen (secondary N) is 1. The Labute approximate surface area is 146 Å². The van der Waals surface area contributed by atoms with Crippen molar-refractivity contribution in [1.29, 1.82) is 0 Å². The van der Waals surface area contributed by atoms with Crippen molar-refractivity contribution < 1.29 is 18.0 Å². The third kappa shape index (κ3) is 4.36. The van der Waals surface area contributed by atoms with Crippen molar-refractivity contribution >= 4 is 33.2 Å². The Morgan fingerprint density at radius 2 is 1.68 bits per heavy atom. The molecule has 0 aliphatic carbocycles. The maximum Gasteiger partial charge on any atom is 0.264 e. The topological polar surface area (TPSA) is 110 Å². The molecule has 25 heavy (non-hydrogen) atoms. The molecule has 0 aliphatic rings. The summed E-state index contributed by atoms with van der Waals surface area (Å²) in [6, 6.07) is 12.5. The Balaban J connectivity index is 2.46. The zero-order valence-corrected chi connectivity index (χ0v) is 14.7. The lowest BCUT2D eigenvalue weighted by Crippen LogP contribution is -2.39. The van der Waals surface area contributed by atoms with Gasteiger partial charge in [0.2, 0.25) is 11.8 Å². The smallest absolute Gasteiger partial charge is 0.264 e. The highest BCUT2D eigenvalue weighted by Crippen LogP contribution is 2.27. The highest BCUT2D eigenvalue weighted by atomic mass is 32.2. The van der Waals surface area contributed by atoms with Crippen LogP contribution in [-0.4, -0.2) is 26.8 Å². The summed E-state index contributed by atoms with van der Waals surface area (Å²) < 4.78 is 27.0. The molecule has 0 fully saturated rings. The second-order valence-corrected chi connectivity index (χ2v) is 7.33. The zero-order valence-electron chi connectivity index (χ0n) is 13.9. The van der Waals surface area contributed by atoms with Gasteiger partial charge in [-0.2, -0.15) is 0 Å². The van der Waals surface area contributed by atoms with Crippen LogP contribution in [-0.2, 0) is 19.6 Å². The number of hydrogen-bond donors (Lipinski definition) is 2. The molecule has 0 saturated heterocycles. The molecule has 8 heteroatoms. The summed E-state index contributed by atoms with van der Waals surface area (Å²) in [6.07, 6.45) is 0. The minimum Gasteiger partial charge on any atom is -0.368 e. The van der Waals surface area contributed by atoms with E-state index in [1.807, 2.05) is 0 Å². The summed E-state index contributed by atoms with van der Waals surface area (Å²) in [4.78, 5) is 22.5. The standard InChI is InChI=1S/C17H19N3O4S/c1-12-5-3-4-6-16(12)20(11-17(18)22)25(23,24)15-9-7-14(8-10-15)19-13(2)21/h3-10H,11H2,1-2H3,(H2,18,22)(H,19,21). The first-order chi connectivity index (χ1) is 11.7. The molecule has 0 heterocycles. The number of amides is 2. The van der Waals surface area contributed by atoms with Crippen molar-refractivity contribution in [3.05, 3.63) is 54.1 Å². The van der Waals surface area contributed by atoms with E-state index in [2.05, 4.69) is 5.32 Å². The highest BCUT2D eigenvalue weighted by molar-refractivity contribution is 7.92. The highest BCUT2D eigenvalue weighted by Gasteiger charge is 2.27. The minimum atomic E-state index is -4.00. The van der Waals surface area contributed by atoms with Crippen LogP contribution in [0.3, 0.4) is 0 Å². The van der Waals surface area contributed by atoms with Crippen LogP contribution in [0.5, 0.6) is 0 Å². The van der Waals surface area contributed by atoms with Gasteiger partial charge in [-0.15, -0.1) is 0 Å². The van der Waals surface area contributed by atoms with Crippen molar-refractivity contribution in [2.45, 2.75) is 18.7 Å². The van der Waals surface area contributed by atoms with Gasteiger partial charge in [-0.3, -0.25) is 13.9 Å². The fourth-order valence-corrected chi connectivity index (χ4v) is 3.82. The molecule has 0 aromatic heterocycles. The van der Waals surface area contributed by atoms with Gasteiger partial charge in [0.05, 0.1) is 10.6 Å². The normalized spacial score (nSPS) is 11.0. The van der Waals surface area contributed by atoms with Crippen LogP contribution >= 0.6 is 0 Å². The Bertz CT molecular complexity index is 892. The van der Waals surface area contributed by atoms with E-state index in [0.717, 1.165) is 4.31 Å². The SMILES string of the molecule is CC(=O)Nc1ccc(S(=O)(=O)N(CC(N)=O)c2ccccc2C)cc1. The van der Waals surface area contributed by atoms with E-state index in [1.54, 1.807) is 31.2 Å². The lowest BCUT2D eigenvalue weighted by molar-refractivity contribution is -0.116. The minimum absolute atomic E-state index is 0.00824. The maximum absolute atomic E-state index is 13.0. The number of rotatable bonds is 6. The van der Waals surface area contributed by atoms with Gasteiger partial charge in [-0.1, -0.05) is 18.2 Å². The molecule has 0 spiro atoms. The van der Waals surface area contributed by atoms with Crippen molar-refractivity contribution in [2.24, 2.45) is 5.73 Å². The van der Waals surface area contributed by atoms with Crippen LogP contribution in [0.25, 0.3) is 0 Å². The lowest BCUT2D eigenvalue weighted by atomic mass is 10.2. The third-order valence-electron chi connectivity index (χ3n) is 3.45. The molecule has 0 saturated carbocycles. The summed E-state index contributed by atoms with van der Waals surface area (Å²) in [5.41, 5.74) is 6.80. The number of para-hydroxylation sites is 1. The Kier molecular flexibility index (Phi) is 5.43. The summed E-state index contributed by atoms with van der Waals surface area (Å²) in [7, 11) is -4.00. The molecule has 2 amide bonds. The molecule has 0 atom stereocenters. The Morgan fingerprint density at radius 1 is 1.08 bits per heavy atom. The van der Waals surface area contributed by atoms with Gasteiger partial charge in [0.25, 0.3) is 10.0 Å². The molecular weight excluding hydrogens is 342 g/mol. The number of benzene rings is 2. The van der Waals surface area contributed by atoms with Crippen LogP contribution in [0, 0.1) is 6.92 Å². The molecule has 2 aromatic carbocycles. The molecule has 2 aromatic rings. The number of sulfonamides is 1. The molecule has 0 aliphatic heterocycles. The van der Waals surface area contributed by atoms with Gasteiger partial charge in [0, 0.05) is 12.6 Å². The number of nitrogens with zero attached hydrogens (tertiary/aromatic N) is 1. The largest absolute Gasteiger partial charge is 0.368 e. The third-order valence-corrected chi connectivity index (χ3v) is 5.22.